The summed E-state index contributed by atoms with van der Waals surface area (Å²) in [5, 5.41) is 0. The summed E-state index contributed by atoms with van der Waals surface area (Å²) in [6.45, 7) is 9.24. The molecule has 9 atom stereocenters. The Morgan fingerprint density at radius 2 is 1.72 bits per heavy atom. The molecule has 1 aliphatic heterocycles. The highest BCUT2D eigenvalue weighted by molar-refractivity contribution is 5.84. The maximum atomic E-state index is 13.5. The molecule has 5 fully saturated rings. The Morgan fingerprint density at radius 1 is 0.897 bits per heavy atom. The largest absolute Gasteiger partial charge is 0.298 e. The van der Waals surface area contributed by atoms with E-state index in [2.05, 4.69) is 25.7 Å². The highest BCUT2D eigenvalue weighted by Crippen LogP contribution is 2.64. The first kappa shape index (κ1) is 20.5. The summed E-state index contributed by atoms with van der Waals surface area (Å²) in [7, 11) is 0. The summed E-state index contributed by atoms with van der Waals surface area (Å²) in [5.74, 6) is 6.75. The number of rotatable bonds is 3. The number of hydrogen-bond acceptors (Lipinski definition) is 2. The van der Waals surface area contributed by atoms with Gasteiger partial charge in [0.25, 0.3) is 0 Å². The Hall–Kier alpha value is -0.370. The lowest BCUT2D eigenvalue weighted by molar-refractivity contribution is -0.132. The zero-order valence-electron chi connectivity index (χ0n) is 19.4. The van der Waals surface area contributed by atoms with E-state index in [0.29, 0.717) is 23.2 Å². The molecule has 29 heavy (non-hydrogen) atoms. The SMILES string of the molecule is CC1CCC2C(CCC3C2CCC2(C)C(C(=O)CN4CCCCC4C)CCC32)C1. The van der Waals surface area contributed by atoms with Gasteiger partial charge in [0, 0.05) is 12.0 Å². The monoisotopic (exact) mass is 399 g/mol. The second-order valence-corrected chi connectivity index (χ2v) is 12.3. The molecule has 1 saturated heterocycles. The number of Topliss-reactive ketones (excluding diaryl/α,β-unsaturated/α-hetero) is 1. The molecule has 4 aliphatic carbocycles. The van der Waals surface area contributed by atoms with Gasteiger partial charge in [0.2, 0.25) is 0 Å². The van der Waals surface area contributed by atoms with Crippen LogP contribution in [-0.4, -0.2) is 29.8 Å². The molecule has 0 aromatic heterocycles. The molecular weight excluding hydrogens is 354 g/mol. The lowest BCUT2D eigenvalue weighted by Crippen LogP contribution is -2.50. The van der Waals surface area contributed by atoms with Crippen molar-refractivity contribution < 1.29 is 4.79 Å². The first-order valence-corrected chi connectivity index (χ1v) is 13.2. The van der Waals surface area contributed by atoms with Crippen LogP contribution in [0, 0.1) is 46.8 Å². The van der Waals surface area contributed by atoms with E-state index in [1.54, 1.807) is 0 Å². The lowest BCUT2D eigenvalue weighted by atomic mass is 9.49. The summed E-state index contributed by atoms with van der Waals surface area (Å²) in [4.78, 5) is 16.0. The van der Waals surface area contributed by atoms with Crippen molar-refractivity contribution in [2.75, 3.05) is 13.1 Å². The van der Waals surface area contributed by atoms with Crippen molar-refractivity contribution in [2.45, 2.75) is 104 Å². The van der Waals surface area contributed by atoms with Gasteiger partial charge in [0.1, 0.15) is 5.78 Å². The minimum absolute atomic E-state index is 0.312. The van der Waals surface area contributed by atoms with Crippen LogP contribution in [0.4, 0.5) is 0 Å². The number of carbonyl (C=O) groups excluding carboxylic acids is 1. The molecule has 4 saturated carbocycles. The Labute approximate surface area is 179 Å². The van der Waals surface area contributed by atoms with E-state index in [0.717, 1.165) is 48.6 Å². The van der Waals surface area contributed by atoms with Gasteiger partial charge in [-0.05, 0) is 119 Å². The molecule has 9 unspecified atom stereocenters. The Kier molecular flexibility index (Phi) is 5.63. The third-order valence-corrected chi connectivity index (χ3v) is 10.9. The Balaban J connectivity index is 1.28. The molecule has 0 amide bonds. The summed E-state index contributed by atoms with van der Waals surface area (Å²) in [6, 6.07) is 0.609. The van der Waals surface area contributed by atoms with Crippen LogP contribution in [0.1, 0.15) is 97.8 Å². The molecule has 1 heterocycles. The van der Waals surface area contributed by atoms with Crippen molar-refractivity contribution >= 4 is 5.78 Å². The highest BCUT2D eigenvalue weighted by Gasteiger charge is 2.58. The summed E-state index contributed by atoms with van der Waals surface area (Å²) < 4.78 is 0. The van der Waals surface area contributed by atoms with Crippen LogP contribution in [0.5, 0.6) is 0 Å². The van der Waals surface area contributed by atoms with Crippen molar-refractivity contribution in [2.24, 2.45) is 46.8 Å². The third-order valence-electron chi connectivity index (χ3n) is 10.9. The van der Waals surface area contributed by atoms with E-state index in [1.807, 2.05) is 0 Å². The summed E-state index contributed by atoms with van der Waals surface area (Å²) >= 11 is 0. The van der Waals surface area contributed by atoms with Crippen molar-refractivity contribution in [1.82, 2.24) is 4.90 Å². The smallest absolute Gasteiger partial charge is 0.150 e. The van der Waals surface area contributed by atoms with Crippen molar-refractivity contribution in [3.8, 4) is 0 Å². The normalized spacial score (nSPS) is 50.4. The van der Waals surface area contributed by atoms with Crippen molar-refractivity contribution in [3.63, 3.8) is 0 Å². The van der Waals surface area contributed by atoms with Gasteiger partial charge in [-0.1, -0.05) is 26.7 Å². The molecule has 0 bridgehead atoms. The Bertz CT molecular complexity index is 616. The summed E-state index contributed by atoms with van der Waals surface area (Å²) in [6.07, 6.45) is 16.7. The topological polar surface area (TPSA) is 20.3 Å². The molecule has 0 radical (unpaired) electrons. The number of carbonyl (C=O) groups is 1. The van der Waals surface area contributed by atoms with Crippen LogP contribution in [0.25, 0.3) is 0 Å². The van der Waals surface area contributed by atoms with E-state index < -0.39 is 0 Å². The minimum Gasteiger partial charge on any atom is -0.298 e. The van der Waals surface area contributed by atoms with E-state index in [-0.39, 0.29) is 0 Å². The average molecular weight is 400 g/mol. The molecule has 2 heteroatoms. The fourth-order valence-electron chi connectivity index (χ4n) is 9.32. The number of nitrogens with zero attached hydrogens (tertiary/aromatic N) is 1. The molecule has 0 spiro atoms. The van der Waals surface area contributed by atoms with E-state index in [4.69, 9.17) is 0 Å². The van der Waals surface area contributed by atoms with Gasteiger partial charge in [-0.25, -0.2) is 0 Å². The van der Waals surface area contributed by atoms with E-state index >= 15 is 0 Å². The standard InChI is InChI=1S/C27H45NO/c1-18-7-9-21-20(16-18)8-10-23-22(21)13-14-27(3)24(23)11-12-25(27)26(29)17-28-15-5-4-6-19(28)2/h18-25H,4-17H2,1-3H3. The molecule has 0 aromatic carbocycles. The quantitative estimate of drug-likeness (QED) is 0.552. The minimum atomic E-state index is 0.312. The van der Waals surface area contributed by atoms with E-state index in [1.165, 1.54) is 77.0 Å². The van der Waals surface area contributed by atoms with Gasteiger partial charge in [0.05, 0.1) is 6.54 Å². The zero-order chi connectivity index (χ0) is 20.2. The number of piperidine rings is 1. The van der Waals surface area contributed by atoms with Gasteiger partial charge in [-0.15, -0.1) is 0 Å². The van der Waals surface area contributed by atoms with Crippen LogP contribution < -0.4 is 0 Å². The van der Waals surface area contributed by atoms with Gasteiger partial charge in [-0.3, -0.25) is 9.69 Å². The predicted octanol–water partition coefficient (Wildman–Crippen LogP) is 6.33. The van der Waals surface area contributed by atoms with Crippen LogP contribution in [0.2, 0.25) is 0 Å². The molecular formula is C27H45NO. The maximum absolute atomic E-state index is 13.5. The van der Waals surface area contributed by atoms with Gasteiger partial charge in [0.15, 0.2) is 0 Å². The second-order valence-electron chi connectivity index (χ2n) is 12.3. The van der Waals surface area contributed by atoms with Crippen molar-refractivity contribution in [3.05, 3.63) is 0 Å². The number of fused-ring (bicyclic) bond motifs is 5. The van der Waals surface area contributed by atoms with Gasteiger partial charge in [-0.2, -0.15) is 0 Å². The molecule has 164 valence electrons. The van der Waals surface area contributed by atoms with Crippen LogP contribution >= 0.6 is 0 Å². The molecule has 5 rings (SSSR count). The van der Waals surface area contributed by atoms with E-state index in [9.17, 15) is 4.79 Å². The first-order valence-electron chi connectivity index (χ1n) is 13.2. The number of likely N-dealkylation sites (tertiary alicyclic amines) is 1. The predicted molar refractivity (Wildman–Crippen MR) is 120 cm³/mol. The number of ketones is 1. The second kappa shape index (κ2) is 7.95. The van der Waals surface area contributed by atoms with Crippen LogP contribution in [-0.2, 0) is 4.79 Å². The zero-order valence-corrected chi connectivity index (χ0v) is 19.4. The fraction of sp³-hybridized carbons (Fsp3) is 0.963. The molecule has 2 nitrogen and oxygen atoms in total. The third kappa shape index (κ3) is 3.54. The van der Waals surface area contributed by atoms with Gasteiger partial charge >= 0.3 is 0 Å². The highest BCUT2D eigenvalue weighted by atomic mass is 16.1. The van der Waals surface area contributed by atoms with Crippen molar-refractivity contribution in [1.29, 1.82) is 0 Å². The lowest BCUT2D eigenvalue weighted by Gasteiger charge is -2.56. The van der Waals surface area contributed by atoms with Crippen LogP contribution in [0.3, 0.4) is 0 Å². The van der Waals surface area contributed by atoms with Gasteiger partial charge < -0.3 is 0 Å². The number of hydrogen-bond donors (Lipinski definition) is 0. The molecule has 0 N–H and O–H groups in total. The average Bonchev–Trinajstić information content (AvgIpc) is 3.06. The van der Waals surface area contributed by atoms with Crippen LogP contribution in [0.15, 0.2) is 0 Å². The molecule has 5 aliphatic rings. The fourth-order valence-corrected chi connectivity index (χ4v) is 9.32. The first-order chi connectivity index (χ1) is 14.0. The molecule has 0 aromatic rings. The Morgan fingerprint density at radius 3 is 2.55 bits per heavy atom. The maximum Gasteiger partial charge on any atom is 0.150 e. The summed E-state index contributed by atoms with van der Waals surface area (Å²) in [5.41, 5.74) is 0.312.